The van der Waals surface area contributed by atoms with E-state index in [-0.39, 0.29) is 17.1 Å². The van der Waals surface area contributed by atoms with Gasteiger partial charge >= 0.3 is 5.97 Å². The molecule has 2 unspecified atom stereocenters. The van der Waals surface area contributed by atoms with Crippen LogP contribution in [-0.2, 0) is 9.53 Å². The van der Waals surface area contributed by atoms with E-state index in [1.807, 2.05) is 52.0 Å². The molecular weight excluding hydrogens is 328 g/mol. The van der Waals surface area contributed by atoms with Gasteiger partial charge < -0.3 is 4.74 Å². The summed E-state index contributed by atoms with van der Waals surface area (Å²) in [6.07, 6.45) is 10.5. The average Bonchev–Trinajstić information content (AvgIpc) is 2.48. The fourth-order valence-electron chi connectivity index (χ4n) is 2.10. The summed E-state index contributed by atoms with van der Waals surface area (Å²) in [7, 11) is 0. The first-order valence-electron chi connectivity index (χ1n) is 7.98. The summed E-state index contributed by atoms with van der Waals surface area (Å²) in [5, 5.41) is 0.822. The molecule has 0 aliphatic rings. The van der Waals surface area contributed by atoms with Crippen LogP contribution >= 0.6 is 23.4 Å². The van der Waals surface area contributed by atoms with Gasteiger partial charge in [0.05, 0.1) is 12.5 Å². The van der Waals surface area contributed by atoms with Crippen LogP contribution in [0.5, 0.6) is 0 Å². The highest BCUT2D eigenvalue weighted by molar-refractivity contribution is 8.03. The molecule has 0 aliphatic carbocycles. The Labute approximate surface area is 150 Å². The first-order chi connectivity index (χ1) is 10.9. The van der Waals surface area contributed by atoms with Crippen LogP contribution in [0.2, 0.25) is 0 Å². The summed E-state index contributed by atoms with van der Waals surface area (Å²) in [4.78, 5) is 13.6. The van der Waals surface area contributed by atoms with Crippen molar-refractivity contribution in [1.82, 2.24) is 0 Å². The lowest BCUT2D eigenvalue weighted by molar-refractivity contribution is -0.147. The predicted molar refractivity (Wildman–Crippen MR) is 104 cm³/mol. The van der Waals surface area contributed by atoms with Crippen LogP contribution in [0.3, 0.4) is 0 Å². The Kier molecular flexibility index (Phi) is 12.0. The van der Waals surface area contributed by atoms with E-state index in [4.69, 9.17) is 16.3 Å². The first-order valence-corrected chi connectivity index (χ1v) is 9.23. The second kappa shape index (κ2) is 12.5. The van der Waals surface area contributed by atoms with Gasteiger partial charge in [-0.3, -0.25) is 4.79 Å². The predicted octanol–water partition coefficient (Wildman–Crippen LogP) is 6.25. The molecule has 0 aromatic carbocycles. The number of halogens is 1. The van der Waals surface area contributed by atoms with Gasteiger partial charge in [-0.2, -0.15) is 0 Å². The number of carbonyl (C=O) groups excluding carboxylic acids is 1. The lowest BCUT2D eigenvalue weighted by Gasteiger charge is -2.23. The van der Waals surface area contributed by atoms with Crippen molar-refractivity contribution in [2.45, 2.75) is 53.2 Å². The summed E-state index contributed by atoms with van der Waals surface area (Å²) in [5.74, 6) is -0.389. The zero-order valence-electron chi connectivity index (χ0n) is 15.1. The number of thioether (sulfide) groups is 1. The number of esters is 1. The average molecular weight is 357 g/mol. The van der Waals surface area contributed by atoms with Crippen LogP contribution in [0, 0.1) is 5.92 Å². The number of allylic oxidation sites excluding steroid dienone is 8. The quantitative estimate of drug-likeness (QED) is 0.361. The van der Waals surface area contributed by atoms with E-state index in [0.717, 1.165) is 10.6 Å². The SMILES string of the molecule is C/C=C\C=C(/C)SC(C)C(CC(/C=C\C)=C(/C)Cl)C(=O)OCC. The third kappa shape index (κ3) is 9.07. The van der Waals surface area contributed by atoms with Gasteiger partial charge in [0, 0.05) is 10.3 Å². The van der Waals surface area contributed by atoms with Crippen molar-refractivity contribution in [3.8, 4) is 0 Å². The van der Waals surface area contributed by atoms with Gasteiger partial charge in [-0.1, -0.05) is 48.9 Å². The van der Waals surface area contributed by atoms with Gasteiger partial charge in [0.25, 0.3) is 0 Å². The van der Waals surface area contributed by atoms with Crippen molar-refractivity contribution < 1.29 is 9.53 Å². The molecule has 0 aromatic heterocycles. The normalized spacial score (nSPS) is 16.6. The monoisotopic (exact) mass is 356 g/mol. The Morgan fingerprint density at radius 3 is 2.39 bits per heavy atom. The number of carbonyl (C=O) groups is 1. The summed E-state index contributed by atoms with van der Waals surface area (Å²) in [6, 6.07) is 0. The van der Waals surface area contributed by atoms with E-state index >= 15 is 0 Å². The summed E-state index contributed by atoms with van der Waals surface area (Å²) in [6.45, 7) is 12.1. The highest BCUT2D eigenvalue weighted by Gasteiger charge is 2.28. The van der Waals surface area contributed by atoms with Crippen LogP contribution in [0.15, 0.2) is 45.9 Å². The number of hydrogen-bond acceptors (Lipinski definition) is 3. The maximum absolute atomic E-state index is 12.4. The second-order valence-corrected chi connectivity index (χ2v) is 7.44. The Morgan fingerprint density at radius 1 is 1.26 bits per heavy atom. The zero-order chi connectivity index (χ0) is 17.8. The molecule has 0 aromatic rings. The standard InChI is InChI=1S/C19H29ClO2S/c1-7-10-12-14(4)23-16(6)18(19(21)22-9-3)13-17(11-8-2)15(5)20/h7-8,10-12,16,18H,9,13H2,1-6H3/b10-7-,11-8-,14-12+,17-15-. The largest absolute Gasteiger partial charge is 0.466 e. The van der Waals surface area contributed by atoms with Crippen molar-refractivity contribution >= 4 is 29.3 Å². The third-order valence-corrected chi connectivity index (χ3v) is 4.75. The summed E-state index contributed by atoms with van der Waals surface area (Å²) >= 11 is 7.87. The Hall–Kier alpha value is -0.930. The van der Waals surface area contributed by atoms with Crippen molar-refractivity contribution in [2.75, 3.05) is 6.61 Å². The summed E-state index contributed by atoms with van der Waals surface area (Å²) in [5.41, 5.74) is 0.981. The van der Waals surface area contributed by atoms with E-state index in [1.54, 1.807) is 11.8 Å². The fraction of sp³-hybridized carbons (Fsp3) is 0.526. The highest BCUT2D eigenvalue weighted by Crippen LogP contribution is 2.32. The van der Waals surface area contributed by atoms with Gasteiger partial charge in [0.1, 0.15) is 0 Å². The molecule has 0 amide bonds. The zero-order valence-corrected chi connectivity index (χ0v) is 16.6. The van der Waals surface area contributed by atoms with Gasteiger partial charge in [-0.25, -0.2) is 0 Å². The molecule has 130 valence electrons. The molecule has 0 saturated heterocycles. The van der Waals surface area contributed by atoms with Crippen molar-refractivity contribution in [1.29, 1.82) is 0 Å². The topological polar surface area (TPSA) is 26.3 Å². The smallest absolute Gasteiger partial charge is 0.310 e. The number of rotatable bonds is 9. The molecule has 0 bridgehead atoms. The van der Waals surface area contributed by atoms with Crippen molar-refractivity contribution in [3.05, 3.63) is 45.9 Å². The minimum absolute atomic E-state index is 0.104. The molecule has 23 heavy (non-hydrogen) atoms. The Balaban J connectivity index is 5.29. The van der Waals surface area contributed by atoms with Crippen molar-refractivity contribution in [3.63, 3.8) is 0 Å². The molecule has 0 aliphatic heterocycles. The molecule has 2 atom stereocenters. The molecule has 0 heterocycles. The first kappa shape index (κ1) is 22.1. The maximum atomic E-state index is 12.4. The van der Waals surface area contributed by atoms with E-state index in [1.165, 1.54) is 4.91 Å². The minimum Gasteiger partial charge on any atom is -0.466 e. The highest BCUT2D eigenvalue weighted by atomic mass is 35.5. The van der Waals surface area contributed by atoms with Gasteiger partial charge in [-0.05, 0) is 51.5 Å². The van der Waals surface area contributed by atoms with E-state index in [0.29, 0.717) is 13.0 Å². The molecule has 0 fully saturated rings. The lowest BCUT2D eigenvalue weighted by Crippen LogP contribution is -2.26. The molecular formula is C19H29ClO2S. The fourth-order valence-corrected chi connectivity index (χ4v) is 3.35. The van der Waals surface area contributed by atoms with E-state index < -0.39 is 0 Å². The maximum Gasteiger partial charge on any atom is 0.310 e. The molecule has 2 nitrogen and oxygen atoms in total. The molecule has 0 spiro atoms. The molecule has 0 rings (SSSR count). The lowest BCUT2D eigenvalue weighted by atomic mass is 9.96. The van der Waals surface area contributed by atoms with Crippen LogP contribution in [0.25, 0.3) is 0 Å². The van der Waals surface area contributed by atoms with E-state index in [2.05, 4.69) is 19.9 Å². The Bertz CT molecular complexity index is 486. The minimum atomic E-state index is -0.228. The third-order valence-electron chi connectivity index (χ3n) is 3.30. The second-order valence-electron chi connectivity index (χ2n) is 5.25. The van der Waals surface area contributed by atoms with E-state index in [9.17, 15) is 4.79 Å². The van der Waals surface area contributed by atoms with Gasteiger partial charge in [0.15, 0.2) is 0 Å². The Morgan fingerprint density at radius 2 is 1.91 bits per heavy atom. The number of ether oxygens (including phenoxy) is 1. The molecule has 0 N–H and O–H groups in total. The van der Waals surface area contributed by atoms with Crippen LogP contribution in [0.4, 0.5) is 0 Å². The number of hydrogen-bond donors (Lipinski definition) is 0. The van der Waals surface area contributed by atoms with Crippen LogP contribution < -0.4 is 0 Å². The summed E-state index contributed by atoms with van der Waals surface area (Å²) < 4.78 is 5.27. The van der Waals surface area contributed by atoms with Crippen molar-refractivity contribution in [2.24, 2.45) is 5.92 Å². The van der Waals surface area contributed by atoms with Gasteiger partial charge in [0.2, 0.25) is 0 Å². The molecule has 0 saturated carbocycles. The molecule has 0 radical (unpaired) electrons. The van der Waals surface area contributed by atoms with Crippen LogP contribution in [0.1, 0.15) is 48.0 Å². The van der Waals surface area contributed by atoms with Crippen LogP contribution in [-0.4, -0.2) is 17.8 Å². The molecule has 4 heteroatoms. The van der Waals surface area contributed by atoms with Gasteiger partial charge in [-0.15, -0.1) is 11.8 Å².